The Morgan fingerprint density at radius 3 is 3.25 bits per heavy atom. The number of rotatable bonds is 6. The molecule has 16 heavy (non-hydrogen) atoms. The van der Waals surface area contributed by atoms with Gasteiger partial charge in [-0.15, -0.1) is 10.2 Å². The van der Waals surface area contributed by atoms with E-state index in [2.05, 4.69) is 20.4 Å². The fourth-order valence-corrected chi connectivity index (χ4v) is 2.55. The van der Waals surface area contributed by atoms with Crippen LogP contribution < -0.4 is 10.2 Å². The Hall–Kier alpha value is -0.720. The first-order valence-electron chi connectivity index (χ1n) is 5.63. The second-order valence-corrected chi connectivity index (χ2v) is 4.77. The molecule has 1 atom stereocenters. The molecule has 2 heterocycles. The first-order chi connectivity index (χ1) is 7.90. The topological polar surface area (TPSA) is 50.3 Å². The van der Waals surface area contributed by atoms with Crippen LogP contribution in [0.1, 0.15) is 12.8 Å². The van der Waals surface area contributed by atoms with Crippen LogP contribution in [0.15, 0.2) is 5.51 Å². The van der Waals surface area contributed by atoms with Gasteiger partial charge in [-0.2, -0.15) is 0 Å². The molecule has 90 valence electrons. The van der Waals surface area contributed by atoms with E-state index >= 15 is 0 Å². The number of methoxy groups -OCH3 is 1. The summed E-state index contributed by atoms with van der Waals surface area (Å²) in [5.41, 5.74) is 1.78. The Labute approximate surface area is 99.8 Å². The van der Waals surface area contributed by atoms with Crippen molar-refractivity contribution < 1.29 is 4.74 Å². The molecule has 0 aliphatic carbocycles. The number of aromatic nitrogens is 2. The lowest BCUT2D eigenvalue weighted by atomic mass is 10.2. The largest absolute Gasteiger partial charge is 0.383 e. The molecule has 0 radical (unpaired) electrons. The van der Waals surface area contributed by atoms with Crippen LogP contribution in [0.4, 0.5) is 5.13 Å². The van der Waals surface area contributed by atoms with Crippen molar-refractivity contribution >= 4 is 16.5 Å². The standard InChI is InChI=1S/C10H18N4OS/c1-15-6-5-14(10-13-12-8-16-10)7-9-3-2-4-11-9/h8-9,11H,2-7H2,1H3. The lowest BCUT2D eigenvalue weighted by molar-refractivity contribution is 0.204. The molecule has 0 spiro atoms. The maximum atomic E-state index is 5.13. The number of hydrogen-bond acceptors (Lipinski definition) is 6. The average molecular weight is 242 g/mol. The van der Waals surface area contributed by atoms with Gasteiger partial charge in [0.15, 0.2) is 0 Å². The van der Waals surface area contributed by atoms with Crippen LogP contribution in [0.25, 0.3) is 0 Å². The summed E-state index contributed by atoms with van der Waals surface area (Å²) >= 11 is 1.59. The quantitative estimate of drug-likeness (QED) is 0.797. The van der Waals surface area contributed by atoms with Crippen molar-refractivity contribution in [3.8, 4) is 0 Å². The van der Waals surface area contributed by atoms with E-state index in [0.29, 0.717) is 6.04 Å². The van der Waals surface area contributed by atoms with E-state index in [0.717, 1.165) is 31.4 Å². The van der Waals surface area contributed by atoms with Gasteiger partial charge in [0.25, 0.3) is 0 Å². The summed E-state index contributed by atoms with van der Waals surface area (Å²) in [5.74, 6) is 0. The van der Waals surface area contributed by atoms with Crippen LogP contribution >= 0.6 is 11.3 Å². The van der Waals surface area contributed by atoms with Crippen LogP contribution in [0.3, 0.4) is 0 Å². The van der Waals surface area contributed by atoms with Gasteiger partial charge in [-0.05, 0) is 19.4 Å². The number of hydrogen-bond donors (Lipinski definition) is 1. The molecule has 1 unspecified atom stereocenters. The van der Waals surface area contributed by atoms with Gasteiger partial charge < -0.3 is 15.0 Å². The zero-order valence-electron chi connectivity index (χ0n) is 9.56. The Balaban J connectivity index is 1.91. The highest BCUT2D eigenvalue weighted by atomic mass is 32.1. The second kappa shape index (κ2) is 6.12. The smallest absolute Gasteiger partial charge is 0.208 e. The molecule has 0 saturated carbocycles. The first kappa shape index (κ1) is 11.8. The van der Waals surface area contributed by atoms with Crippen molar-refractivity contribution in [2.75, 3.05) is 38.3 Å². The molecule has 0 bridgehead atoms. The predicted octanol–water partition coefficient (Wildman–Crippen LogP) is 0.743. The van der Waals surface area contributed by atoms with E-state index in [1.807, 2.05) is 0 Å². The van der Waals surface area contributed by atoms with E-state index in [-0.39, 0.29) is 0 Å². The highest BCUT2D eigenvalue weighted by Crippen LogP contribution is 2.17. The molecule has 1 aromatic heterocycles. The van der Waals surface area contributed by atoms with Crippen LogP contribution in [0.5, 0.6) is 0 Å². The minimum Gasteiger partial charge on any atom is -0.383 e. The van der Waals surface area contributed by atoms with Crippen molar-refractivity contribution in [1.82, 2.24) is 15.5 Å². The molecule has 5 nitrogen and oxygen atoms in total. The summed E-state index contributed by atoms with van der Waals surface area (Å²) in [6.07, 6.45) is 2.53. The average Bonchev–Trinajstić information content (AvgIpc) is 2.96. The summed E-state index contributed by atoms with van der Waals surface area (Å²) in [6, 6.07) is 0.584. The highest BCUT2D eigenvalue weighted by Gasteiger charge is 2.19. The predicted molar refractivity (Wildman–Crippen MR) is 65.0 cm³/mol. The Bertz CT molecular complexity index is 287. The van der Waals surface area contributed by atoms with Crippen molar-refractivity contribution in [2.45, 2.75) is 18.9 Å². The minimum absolute atomic E-state index is 0.584. The van der Waals surface area contributed by atoms with E-state index < -0.39 is 0 Å². The molecule has 1 aliphatic rings. The molecule has 1 fully saturated rings. The number of anilines is 1. The molecule has 0 amide bonds. The first-order valence-corrected chi connectivity index (χ1v) is 6.51. The summed E-state index contributed by atoms with van der Waals surface area (Å²) in [7, 11) is 1.73. The van der Waals surface area contributed by atoms with Crippen molar-refractivity contribution in [3.05, 3.63) is 5.51 Å². The molecular formula is C10H18N4OS. The summed E-state index contributed by atoms with van der Waals surface area (Å²) in [6.45, 7) is 3.74. The van der Waals surface area contributed by atoms with E-state index in [1.165, 1.54) is 12.8 Å². The molecule has 1 aromatic rings. The number of nitrogens with one attached hydrogen (secondary N) is 1. The minimum atomic E-state index is 0.584. The molecule has 2 rings (SSSR count). The van der Waals surface area contributed by atoms with Gasteiger partial charge in [-0.1, -0.05) is 11.3 Å². The van der Waals surface area contributed by atoms with Gasteiger partial charge in [0, 0.05) is 26.2 Å². The fraction of sp³-hybridized carbons (Fsp3) is 0.800. The Morgan fingerprint density at radius 1 is 1.69 bits per heavy atom. The van der Waals surface area contributed by atoms with E-state index in [9.17, 15) is 0 Å². The summed E-state index contributed by atoms with van der Waals surface area (Å²) in [5, 5.41) is 12.5. The molecule has 1 saturated heterocycles. The van der Waals surface area contributed by atoms with E-state index in [1.54, 1.807) is 24.0 Å². The van der Waals surface area contributed by atoms with Crippen molar-refractivity contribution in [2.24, 2.45) is 0 Å². The van der Waals surface area contributed by atoms with Crippen LogP contribution in [0.2, 0.25) is 0 Å². The van der Waals surface area contributed by atoms with Crippen LogP contribution in [-0.2, 0) is 4.74 Å². The van der Waals surface area contributed by atoms with Gasteiger partial charge in [-0.3, -0.25) is 0 Å². The lowest BCUT2D eigenvalue weighted by Gasteiger charge is -2.24. The normalized spacial score (nSPS) is 20.2. The zero-order valence-corrected chi connectivity index (χ0v) is 10.4. The van der Waals surface area contributed by atoms with Crippen molar-refractivity contribution in [1.29, 1.82) is 0 Å². The highest BCUT2D eigenvalue weighted by molar-refractivity contribution is 7.13. The Kier molecular flexibility index (Phi) is 4.50. The van der Waals surface area contributed by atoms with E-state index in [4.69, 9.17) is 4.74 Å². The molecule has 0 aromatic carbocycles. The van der Waals surface area contributed by atoms with Gasteiger partial charge in [0.05, 0.1) is 6.61 Å². The van der Waals surface area contributed by atoms with Gasteiger partial charge in [0.1, 0.15) is 5.51 Å². The molecule has 6 heteroatoms. The summed E-state index contributed by atoms with van der Waals surface area (Å²) in [4.78, 5) is 2.25. The maximum absolute atomic E-state index is 5.13. The third-order valence-electron chi connectivity index (χ3n) is 2.79. The number of nitrogens with zero attached hydrogens (tertiary/aromatic N) is 3. The monoisotopic (exact) mass is 242 g/mol. The van der Waals surface area contributed by atoms with Crippen molar-refractivity contribution in [3.63, 3.8) is 0 Å². The summed E-state index contributed by atoms with van der Waals surface area (Å²) < 4.78 is 5.13. The fourth-order valence-electron chi connectivity index (χ4n) is 1.95. The van der Waals surface area contributed by atoms with Gasteiger partial charge in [-0.25, -0.2) is 0 Å². The SMILES string of the molecule is COCCN(CC1CCCN1)c1nncs1. The van der Waals surface area contributed by atoms with Gasteiger partial charge >= 0.3 is 0 Å². The molecule has 1 N–H and O–H groups in total. The van der Waals surface area contributed by atoms with Gasteiger partial charge in [0.2, 0.25) is 5.13 Å². The third-order valence-corrected chi connectivity index (χ3v) is 3.54. The maximum Gasteiger partial charge on any atom is 0.208 e. The molecular weight excluding hydrogens is 224 g/mol. The second-order valence-electron chi connectivity index (χ2n) is 3.95. The molecule has 1 aliphatic heterocycles. The zero-order chi connectivity index (χ0) is 11.2. The van der Waals surface area contributed by atoms with Crippen LogP contribution in [0, 0.1) is 0 Å². The Morgan fingerprint density at radius 2 is 2.62 bits per heavy atom. The third kappa shape index (κ3) is 3.13. The van der Waals surface area contributed by atoms with Crippen LogP contribution in [-0.4, -0.2) is 49.6 Å². The lowest BCUT2D eigenvalue weighted by Crippen LogP contribution is -2.39. The number of ether oxygens (including phenoxy) is 1.